The number of H-pyrrole nitrogens is 1. The molecule has 0 saturated heterocycles. The van der Waals surface area contributed by atoms with Crippen LogP contribution < -0.4 is 0 Å². The third-order valence-electron chi connectivity index (χ3n) is 3.24. The van der Waals surface area contributed by atoms with Crippen LogP contribution in [0.3, 0.4) is 0 Å². The zero-order valence-electron chi connectivity index (χ0n) is 8.78. The average molecular weight is 207 g/mol. The Morgan fingerprint density at radius 2 is 1.69 bits per heavy atom. The van der Waals surface area contributed by atoms with Crippen LogP contribution in [-0.4, -0.2) is 15.0 Å². The number of hydrogen-bond donors (Lipinski definition) is 1. The highest BCUT2D eigenvalue weighted by atomic mass is 14.8. The summed E-state index contributed by atoms with van der Waals surface area (Å²) in [6.45, 7) is 2.10. The van der Waals surface area contributed by atoms with Crippen molar-refractivity contribution in [1.82, 2.24) is 15.0 Å². The van der Waals surface area contributed by atoms with Gasteiger partial charge in [0.1, 0.15) is 6.33 Å². The quantitative estimate of drug-likeness (QED) is 0.481. The van der Waals surface area contributed by atoms with Gasteiger partial charge in [0.15, 0.2) is 0 Å². The third-order valence-corrected chi connectivity index (χ3v) is 3.24. The summed E-state index contributed by atoms with van der Waals surface area (Å²) in [5, 5.41) is 3.69. The number of aryl methyl sites for hydroxylation is 1. The van der Waals surface area contributed by atoms with E-state index in [0.29, 0.717) is 0 Å². The molecular weight excluding hydrogens is 198 g/mol. The summed E-state index contributed by atoms with van der Waals surface area (Å²) in [6, 6.07) is 8.32. The Hall–Kier alpha value is -2.16. The van der Waals surface area contributed by atoms with E-state index in [1.165, 1.54) is 27.4 Å². The fourth-order valence-electron chi connectivity index (χ4n) is 2.51. The van der Waals surface area contributed by atoms with Crippen LogP contribution in [0.25, 0.3) is 32.7 Å². The Kier molecular flexibility index (Phi) is 1.26. The molecule has 0 aliphatic carbocycles. The van der Waals surface area contributed by atoms with Crippen molar-refractivity contribution in [2.24, 2.45) is 0 Å². The third kappa shape index (κ3) is 0.795. The Morgan fingerprint density at radius 1 is 0.938 bits per heavy atom. The molecule has 76 valence electrons. The number of nitrogens with one attached hydrogen (secondary N) is 1. The standard InChI is InChI=1S/C13H9N3/c1-7-8-2-3-9-13-10(15-6-14-9)4-5-11(16-7)12(8)13/h2-6,16H,1H3. The first-order chi connectivity index (χ1) is 7.84. The largest absolute Gasteiger partial charge is 0.358 e. The number of nitrogens with zero attached hydrogens (tertiary/aromatic N) is 2. The molecule has 0 amide bonds. The molecule has 1 N–H and O–H groups in total. The second-order valence-corrected chi connectivity index (χ2v) is 4.14. The minimum Gasteiger partial charge on any atom is -0.358 e. The van der Waals surface area contributed by atoms with E-state index < -0.39 is 0 Å². The first-order valence-electron chi connectivity index (χ1n) is 5.28. The minimum absolute atomic E-state index is 1.02. The van der Waals surface area contributed by atoms with E-state index in [2.05, 4.69) is 40.1 Å². The predicted octanol–water partition coefficient (Wildman–Crippen LogP) is 3.01. The molecule has 4 rings (SSSR count). The van der Waals surface area contributed by atoms with Crippen molar-refractivity contribution in [1.29, 1.82) is 0 Å². The maximum atomic E-state index is 4.32. The van der Waals surface area contributed by atoms with Gasteiger partial charge in [-0.1, -0.05) is 6.07 Å². The summed E-state index contributed by atoms with van der Waals surface area (Å²) in [7, 11) is 0. The lowest BCUT2D eigenvalue weighted by Gasteiger charge is -2.03. The highest BCUT2D eigenvalue weighted by Crippen LogP contribution is 2.33. The van der Waals surface area contributed by atoms with Gasteiger partial charge in [-0.25, -0.2) is 9.97 Å². The molecule has 2 heterocycles. The summed E-state index contributed by atoms with van der Waals surface area (Å²) in [5.41, 5.74) is 4.40. The normalized spacial score (nSPS) is 12.1. The number of hydrogen-bond acceptors (Lipinski definition) is 2. The molecule has 0 saturated carbocycles. The smallest absolute Gasteiger partial charge is 0.116 e. The van der Waals surface area contributed by atoms with Crippen molar-refractivity contribution in [2.75, 3.05) is 0 Å². The van der Waals surface area contributed by atoms with E-state index in [1.807, 2.05) is 6.07 Å². The molecular formula is C13H9N3. The first kappa shape index (κ1) is 8.05. The Balaban J connectivity index is 2.51. The van der Waals surface area contributed by atoms with Crippen molar-refractivity contribution in [2.45, 2.75) is 6.92 Å². The van der Waals surface area contributed by atoms with E-state index in [-0.39, 0.29) is 0 Å². The molecule has 0 atom stereocenters. The van der Waals surface area contributed by atoms with Crippen LogP contribution in [0.4, 0.5) is 0 Å². The highest BCUT2D eigenvalue weighted by molar-refractivity contribution is 6.21. The van der Waals surface area contributed by atoms with Crippen LogP contribution in [-0.2, 0) is 0 Å². The zero-order valence-corrected chi connectivity index (χ0v) is 8.78. The van der Waals surface area contributed by atoms with Crippen LogP contribution in [0, 0.1) is 6.92 Å². The Labute approximate surface area is 91.5 Å². The molecule has 0 radical (unpaired) electrons. The highest BCUT2D eigenvalue weighted by Gasteiger charge is 2.11. The molecule has 2 aromatic heterocycles. The molecule has 0 fully saturated rings. The Morgan fingerprint density at radius 3 is 2.50 bits per heavy atom. The van der Waals surface area contributed by atoms with Crippen molar-refractivity contribution in [3.63, 3.8) is 0 Å². The average Bonchev–Trinajstić information content (AvgIpc) is 2.65. The van der Waals surface area contributed by atoms with E-state index in [9.17, 15) is 0 Å². The van der Waals surface area contributed by atoms with Gasteiger partial charge in [0.2, 0.25) is 0 Å². The van der Waals surface area contributed by atoms with Crippen molar-refractivity contribution in [3.8, 4) is 0 Å². The number of aromatic nitrogens is 3. The number of aromatic amines is 1. The topological polar surface area (TPSA) is 41.6 Å². The van der Waals surface area contributed by atoms with Gasteiger partial charge in [-0.3, -0.25) is 0 Å². The van der Waals surface area contributed by atoms with Crippen molar-refractivity contribution >= 4 is 32.7 Å². The number of benzene rings is 2. The lowest BCUT2D eigenvalue weighted by atomic mass is 10.0. The molecule has 0 bridgehead atoms. The SMILES string of the molecule is Cc1[nH]c2ccc3ncnc4ccc1c2c34. The number of rotatable bonds is 0. The van der Waals surface area contributed by atoms with Crippen molar-refractivity contribution in [3.05, 3.63) is 36.3 Å². The van der Waals surface area contributed by atoms with Gasteiger partial charge in [0, 0.05) is 27.4 Å². The van der Waals surface area contributed by atoms with E-state index in [4.69, 9.17) is 0 Å². The van der Waals surface area contributed by atoms with Crippen LogP contribution in [0.15, 0.2) is 30.6 Å². The molecule has 2 aromatic carbocycles. The van der Waals surface area contributed by atoms with Gasteiger partial charge < -0.3 is 4.98 Å². The van der Waals surface area contributed by atoms with Crippen LogP contribution >= 0.6 is 0 Å². The van der Waals surface area contributed by atoms with E-state index >= 15 is 0 Å². The molecule has 4 aromatic rings. The Bertz CT molecular complexity index is 798. The molecule has 0 aliphatic rings. The second kappa shape index (κ2) is 2.50. The van der Waals surface area contributed by atoms with E-state index in [1.54, 1.807) is 6.33 Å². The predicted molar refractivity (Wildman–Crippen MR) is 64.8 cm³/mol. The van der Waals surface area contributed by atoms with Gasteiger partial charge in [0.25, 0.3) is 0 Å². The van der Waals surface area contributed by atoms with Gasteiger partial charge in [-0.05, 0) is 25.1 Å². The van der Waals surface area contributed by atoms with Crippen LogP contribution in [0.2, 0.25) is 0 Å². The second-order valence-electron chi connectivity index (χ2n) is 4.14. The maximum absolute atomic E-state index is 4.32. The fraction of sp³-hybridized carbons (Fsp3) is 0.0769. The van der Waals surface area contributed by atoms with Crippen molar-refractivity contribution < 1.29 is 0 Å². The monoisotopic (exact) mass is 207 g/mol. The summed E-state index contributed by atoms with van der Waals surface area (Å²) in [5.74, 6) is 0. The molecule has 0 unspecified atom stereocenters. The molecule has 3 nitrogen and oxygen atoms in total. The maximum Gasteiger partial charge on any atom is 0.116 e. The molecule has 0 spiro atoms. The summed E-state index contributed by atoms with van der Waals surface area (Å²) in [4.78, 5) is 12.0. The fourth-order valence-corrected chi connectivity index (χ4v) is 2.51. The van der Waals surface area contributed by atoms with E-state index in [0.717, 1.165) is 11.0 Å². The molecule has 16 heavy (non-hydrogen) atoms. The first-order valence-corrected chi connectivity index (χ1v) is 5.28. The van der Waals surface area contributed by atoms with Crippen LogP contribution in [0.1, 0.15) is 5.69 Å². The summed E-state index contributed by atoms with van der Waals surface area (Å²) >= 11 is 0. The summed E-state index contributed by atoms with van der Waals surface area (Å²) < 4.78 is 0. The summed E-state index contributed by atoms with van der Waals surface area (Å²) in [6.07, 6.45) is 1.62. The molecule has 3 heteroatoms. The van der Waals surface area contributed by atoms with Gasteiger partial charge in [-0.2, -0.15) is 0 Å². The van der Waals surface area contributed by atoms with Gasteiger partial charge >= 0.3 is 0 Å². The van der Waals surface area contributed by atoms with Crippen LogP contribution in [0.5, 0.6) is 0 Å². The van der Waals surface area contributed by atoms with Gasteiger partial charge in [0.05, 0.1) is 11.0 Å². The lowest BCUT2D eigenvalue weighted by Crippen LogP contribution is -1.85. The van der Waals surface area contributed by atoms with Gasteiger partial charge in [-0.15, -0.1) is 0 Å². The molecule has 0 aliphatic heterocycles. The lowest BCUT2D eigenvalue weighted by molar-refractivity contribution is 1.26. The zero-order chi connectivity index (χ0) is 10.7. The minimum atomic E-state index is 1.02.